The molecule has 2 amide bonds. The number of rotatable bonds is 9. The fraction of sp³-hybridized carbons (Fsp3) is 0.526. The van der Waals surface area contributed by atoms with Crippen LogP contribution in [0.4, 0.5) is 5.69 Å². The van der Waals surface area contributed by atoms with E-state index in [2.05, 4.69) is 5.32 Å². The Balaban J connectivity index is 2.20. The lowest BCUT2D eigenvalue weighted by Crippen LogP contribution is -2.49. The number of amides is 2. The van der Waals surface area contributed by atoms with Gasteiger partial charge in [-0.3, -0.25) is 19.3 Å². The first-order chi connectivity index (χ1) is 12.9. The molecule has 0 aliphatic carbocycles. The van der Waals surface area contributed by atoms with Gasteiger partial charge in [-0.2, -0.15) is 0 Å². The molecule has 2 rings (SSSR count). The maximum absolute atomic E-state index is 12.6. The second-order valence-corrected chi connectivity index (χ2v) is 6.25. The minimum atomic E-state index is -0.715. The topological polar surface area (TPSA) is 94.2 Å². The number of carbonyl (C=O) groups excluding carboxylic acids is 3. The Morgan fingerprint density at radius 2 is 2.00 bits per heavy atom. The second-order valence-electron chi connectivity index (χ2n) is 6.25. The standard InChI is InChI=1S/C19H26N2O6/c1-5-6-15(22)13-7-8-16-14(9-13)21(19(24)12(2)27-16)11-17(23)20-10-18(25-3)26-4/h7-9,12,18H,5-6,10-11H2,1-4H3,(H,20,23). The molecule has 1 unspecified atom stereocenters. The summed E-state index contributed by atoms with van der Waals surface area (Å²) >= 11 is 0. The minimum absolute atomic E-state index is 0.0150. The van der Waals surface area contributed by atoms with E-state index in [4.69, 9.17) is 14.2 Å². The van der Waals surface area contributed by atoms with E-state index in [0.717, 1.165) is 6.42 Å². The summed E-state index contributed by atoms with van der Waals surface area (Å²) in [5, 5.41) is 2.67. The summed E-state index contributed by atoms with van der Waals surface area (Å²) in [4.78, 5) is 38.4. The number of benzene rings is 1. The van der Waals surface area contributed by atoms with E-state index in [1.165, 1.54) is 19.1 Å². The molecule has 0 aromatic heterocycles. The molecular weight excluding hydrogens is 352 g/mol. The van der Waals surface area contributed by atoms with Gasteiger partial charge in [0.05, 0.1) is 12.2 Å². The van der Waals surface area contributed by atoms with Gasteiger partial charge < -0.3 is 19.5 Å². The largest absolute Gasteiger partial charge is 0.479 e. The van der Waals surface area contributed by atoms with Crippen LogP contribution >= 0.6 is 0 Å². The van der Waals surface area contributed by atoms with Crippen molar-refractivity contribution in [2.45, 2.75) is 39.1 Å². The molecule has 1 aromatic rings. The van der Waals surface area contributed by atoms with Gasteiger partial charge in [0.2, 0.25) is 5.91 Å². The Morgan fingerprint density at radius 3 is 2.63 bits per heavy atom. The quantitative estimate of drug-likeness (QED) is 0.517. The number of methoxy groups -OCH3 is 2. The van der Waals surface area contributed by atoms with Crippen molar-refractivity contribution in [1.29, 1.82) is 0 Å². The number of ether oxygens (including phenoxy) is 3. The van der Waals surface area contributed by atoms with Crippen LogP contribution in [0.1, 0.15) is 37.0 Å². The third-order valence-corrected chi connectivity index (χ3v) is 4.26. The highest BCUT2D eigenvalue weighted by Crippen LogP contribution is 2.35. The highest BCUT2D eigenvalue weighted by atomic mass is 16.7. The number of ketones is 1. The zero-order valence-corrected chi connectivity index (χ0v) is 16.1. The molecule has 1 aliphatic heterocycles. The van der Waals surface area contributed by atoms with Gasteiger partial charge >= 0.3 is 0 Å². The smallest absolute Gasteiger partial charge is 0.268 e. The monoisotopic (exact) mass is 378 g/mol. The minimum Gasteiger partial charge on any atom is -0.479 e. The molecule has 0 radical (unpaired) electrons. The molecule has 148 valence electrons. The summed E-state index contributed by atoms with van der Waals surface area (Å²) in [6.45, 7) is 3.51. The van der Waals surface area contributed by atoms with E-state index in [-0.39, 0.29) is 30.7 Å². The number of carbonyl (C=O) groups is 3. The van der Waals surface area contributed by atoms with Crippen molar-refractivity contribution in [2.75, 3.05) is 32.2 Å². The van der Waals surface area contributed by atoms with Crippen LogP contribution in [-0.2, 0) is 19.1 Å². The van der Waals surface area contributed by atoms with Crippen LogP contribution in [0.25, 0.3) is 0 Å². The molecule has 8 nitrogen and oxygen atoms in total. The molecule has 1 atom stereocenters. The Hall–Kier alpha value is -2.45. The Morgan fingerprint density at radius 1 is 1.30 bits per heavy atom. The molecule has 1 aliphatic rings. The zero-order chi connectivity index (χ0) is 20.0. The van der Waals surface area contributed by atoms with Crippen LogP contribution in [0, 0.1) is 0 Å². The summed E-state index contributed by atoms with van der Waals surface area (Å²) < 4.78 is 15.7. The van der Waals surface area contributed by atoms with E-state index in [1.807, 2.05) is 6.92 Å². The van der Waals surface area contributed by atoms with Gasteiger partial charge in [0, 0.05) is 26.2 Å². The lowest BCUT2D eigenvalue weighted by Gasteiger charge is -2.33. The SMILES string of the molecule is CCCC(=O)c1ccc2c(c1)N(CC(=O)NCC(OC)OC)C(=O)C(C)O2. The molecule has 0 saturated carbocycles. The summed E-state index contributed by atoms with van der Waals surface area (Å²) in [7, 11) is 2.94. The molecule has 1 N–H and O–H groups in total. The number of fused-ring (bicyclic) bond motifs is 1. The molecule has 0 spiro atoms. The van der Waals surface area contributed by atoms with Gasteiger partial charge in [-0.1, -0.05) is 6.92 Å². The second kappa shape index (κ2) is 9.48. The van der Waals surface area contributed by atoms with E-state index in [1.54, 1.807) is 25.1 Å². The van der Waals surface area contributed by atoms with Gasteiger partial charge in [0.15, 0.2) is 18.2 Å². The summed E-state index contributed by atoms with van der Waals surface area (Å²) in [5.41, 5.74) is 0.913. The number of anilines is 1. The molecule has 0 fully saturated rings. The van der Waals surface area contributed by atoms with Gasteiger partial charge in [-0.05, 0) is 31.5 Å². The highest BCUT2D eigenvalue weighted by molar-refractivity contribution is 6.05. The first kappa shape index (κ1) is 20.9. The Labute approximate surface area is 158 Å². The maximum atomic E-state index is 12.6. The molecule has 27 heavy (non-hydrogen) atoms. The fourth-order valence-electron chi connectivity index (χ4n) is 2.77. The third kappa shape index (κ3) is 5.05. The number of hydrogen-bond acceptors (Lipinski definition) is 6. The normalized spacial score (nSPS) is 16.1. The predicted molar refractivity (Wildman–Crippen MR) is 98.9 cm³/mol. The van der Waals surface area contributed by atoms with E-state index < -0.39 is 12.4 Å². The van der Waals surface area contributed by atoms with Crippen LogP contribution in [0.15, 0.2) is 18.2 Å². The highest BCUT2D eigenvalue weighted by Gasteiger charge is 2.33. The molecule has 8 heteroatoms. The Bertz CT molecular complexity index is 701. The molecule has 1 aromatic carbocycles. The van der Waals surface area contributed by atoms with Crippen LogP contribution < -0.4 is 15.0 Å². The van der Waals surface area contributed by atoms with Crippen molar-refractivity contribution in [2.24, 2.45) is 0 Å². The van der Waals surface area contributed by atoms with Crippen LogP contribution in [0.5, 0.6) is 5.75 Å². The first-order valence-electron chi connectivity index (χ1n) is 8.88. The van der Waals surface area contributed by atoms with Gasteiger partial charge in [0.1, 0.15) is 12.3 Å². The summed E-state index contributed by atoms with van der Waals surface area (Å²) in [6, 6.07) is 4.95. The van der Waals surface area contributed by atoms with Crippen molar-refractivity contribution in [3.05, 3.63) is 23.8 Å². The molecular formula is C19H26N2O6. The zero-order valence-electron chi connectivity index (χ0n) is 16.1. The molecule has 0 saturated heterocycles. The van der Waals surface area contributed by atoms with Crippen LogP contribution in [-0.4, -0.2) is 57.3 Å². The number of nitrogens with zero attached hydrogens (tertiary/aromatic N) is 1. The lowest BCUT2D eigenvalue weighted by atomic mass is 10.0. The third-order valence-electron chi connectivity index (χ3n) is 4.26. The number of nitrogens with one attached hydrogen (secondary N) is 1. The Kier molecular flexibility index (Phi) is 7.32. The predicted octanol–water partition coefficient (Wildman–Crippen LogP) is 1.52. The van der Waals surface area contributed by atoms with Crippen molar-refractivity contribution < 1.29 is 28.6 Å². The molecule has 1 heterocycles. The number of hydrogen-bond donors (Lipinski definition) is 1. The maximum Gasteiger partial charge on any atom is 0.268 e. The average Bonchev–Trinajstić information content (AvgIpc) is 2.66. The van der Waals surface area contributed by atoms with Crippen LogP contribution in [0.2, 0.25) is 0 Å². The van der Waals surface area contributed by atoms with Gasteiger partial charge in [-0.25, -0.2) is 0 Å². The number of Topliss-reactive ketones (excluding diaryl/α,β-unsaturated/α-hetero) is 1. The van der Waals surface area contributed by atoms with Gasteiger partial charge in [0.25, 0.3) is 5.91 Å². The van der Waals surface area contributed by atoms with E-state index in [9.17, 15) is 14.4 Å². The van der Waals surface area contributed by atoms with Crippen molar-refractivity contribution in [3.8, 4) is 5.75 Å². The average molecular weight is 378 g/mol. The van der Waals surface area contributed by atoms with Crippen LogP contribution in [0.3, 0.4) is 0 Å². The summed E-state index contributed by atoms with van der Waals surface area (Å²) in [6.07, 6.45) is -0.138. The fourth-order valence-corrected chi connectivity index (χ4v) is 2.77. The van der Waals surface area contributed by atoms with Crippen molar-refractivity contribution in [3.63, 3.8) is 0 Å². The van der Waals surface area contributed by atoms with Crippen molar-refractivity contribution in [1.82, 2.24) is 5.32 Å². The lowest BCUT2D eigenvalue weighted by molar-refractivity contribution is -0.130. The first-order valence-corrected chi connectivity index (χ1v) is 8.88. The van der Waals surface area contributed by atoms with Gasteiger partial charge in [-0.15, -0.1) is 0 Å². The molecule has 0 bridgehead atoms. The van der Waals surface area contributed by atoms with E-state index in [0.29, 0.717) is 23.4 Å². The summed E-state index contributed by atoms with van der Waals surface area (Å²) in [5.74, 6) is -0.256. The van der Waals surface area contributed by atoms with E-state index >= 15 is 0 Å². The van der Waals surface area contributed by atoms with Crippen molar-refractivity contribution >= 4 is 23.3 Å².